The van der Waals surface area contributed by atoms with E-state index in [1.807, 2.05) is 18.3 Å². The van der Waals surface area contributed by atoms with E-state index >= 15 is 0 Å². The third-order valence-corrected chi connectivity index (χ3v) is 8.77. The second kappa shape index (κ2) is 9.16. The number of carbonyl (C=O) groups is 1. The maximum absolute atomic E-state index is 14.5. The number of aryl methyl sites for hydroxylation is 1. The lowest BCUT2D eigenvalue weighted by Crippen LogP contribution is -2.38. The van der Waals surface area contributed by atoms with Gasteiger partial charge in [0.05, 0.1) is 12.2 Å². The number of amides is 2. The Morgan fingerprint density at radius 2 is 1.74 bits per heavy atom. The second-order valence-electron chi connectivity index (χ2n) is 9.82. The molecule has 194 valence electrons. The standard InChI is InChI=1S/C29H25F2N3O3S/c30-18-12-17(13-19(31)14-18)27-23-5-3-9-33(23)28-22(21-4-1-2-6-26(21)38-28)16-34(27)29(35)32-20-7-8-24-25(15-20)37-11-10-36-24/h3,5,7-9,12-15,27H,1-2,4,6,10-11,16H2,(H,32,35). The van der Waals surface area contributed by atoms with Gasteiger partial charge in [0.25, 0.3) is 0 Å². The first-order valence-electron chi connectivity index (χ1n) is 12.8. The highest BCUT2D eigenvalue weighted by Gasteiger charge is 2.36. The zero-order chi connectivity index (χ0) is 25.8. The summed E-state index contributed by atoms with van der Waals surface area (Å²) < 4.78 is 42.3. The molecule has 2 aromatic carbocycles. The summed E-state index contributed by atoms with van der Waals surface area (Å²) in [4.78, 5) is 17.1. The maximum atomic E-state index is 14.5. The molecule has 2 aromatic heterocycles. The Hall–Kier alpha value is -3.85. The Bertz CT molecular complexity index is 1540. The number of ether oxygens (including phenoxy) is 2. The van der Waals surface area contributed by atoms with Gasteiger partial charge in [-0.15, -0.1) is 11.3 Å². The van der Waals surface area contributed by atoms with Gasteiger partial charge in [-0.05, 0) is 73.2 Å². The smallest absolute Gasteiger partial charge is 0.322 e. The Balaban J connectivity index is 1.35. The van der Waals surface area contributed by atoms with Crippen molar-refractivity contribution in [3.8, 4) is 16.5 Å². The molecule has 4 heterocycles. The molecule has 2 amide bonds. The number of fused-ring (bicyclic) bond motifs is 6. The van der Waals surface area contributed by atoms with Gasteiger partial charge < -0.3 is 24.3 Å². The van der Waals surface area contributed by atoms with Crippen molar-refractivity contribution in [1.29, 1.82) is 0 Å². The molecule has 0 saturated carbocycles. The quantitative estimate of drug-likeness (QED) is 0.316. The van der Waals surface area contributed by atoms with Crippen LogP contribution in [0.5, 0.6) is 11.5 Å². The molecule has 9 heteroatoms. The highest BCUT2D eigenvalue weighted by molar-refractivity contribution is 7.15. The van der Waals surface area contributed by atoms with E-state index in [4.69, 9.17) is 9.47 Å². The number of halogens is 2. The number of nitrogens with zero attached hydrogens (tertiary/aromatic N) is 2. The molecule has 0 saturated heterocycles. The highest BCUT2D eigenvalue weighted by Crippen LogP contribution is 2.44. The summed E-state index contributed by atoms with van der Waals surface area (Å²) in [6.07, 6.45) is 6.24. The van der Waals surface area contributed by atoms with Gasteiger partial charge >= 0.3 is 6.03 Å². The first-order chi connectivity index (χ1) is 18.5. The van der Waals surface area contributed by atoms with E-state index in [9.17, 15) is 13.6 Å². The van der Waals surface area contributed by atoms with Crippen LogP contribution in [0.25, 0.3) is 5.00 Å². The molecule has 1 unspecified atom stereocenters. The number of hydrogen-bond donors (Lipinski definition) is 1. The molecule has 0 fully saturated rings. The molecule has 4 aromatic rings. The van der Waals surface area contributed by atoms with Gasteiger partial charge in [-0.2, -0.15) is 0 Å². The van der Waals surface area contributed by atoms with Crippen molar-refractivity contribution in [3.05, 3.63) is 93.6 Å². The van der Waals surface area contributed by atoms with E-state index in [2.05, 4.69) is 9.88 Å². The largest absolute Gasteiger partial charge is 0.486 e. The number of hydrogen-bond acceptors (Lipinski definition) is 4. The zero-order valence-electron chi connectivity index (χ0n) is 20.5. The summed E-state index contributed by atoms with van der Waals surface area (Å²) in [6, 6.07) is 11.5. The number of benzene rings is 2. The fourth-order valence-electron chi connectivity index (χ4n) is 5.79. The van der Waals surface area contributed by atoms with Crippen LogP contribution in [-0.4, -0.2) is 28.7 Å². The zero-order valence-corrected chi connectivity index (χ0v) is 21.3. The van der Waals surface area contributed by atoms with Crippen LogP contribution in [0.2, 0.25) is 0 Å². The highest BCUT2D eigenvalue weighted by atomic mass is 32.1. The minimum atomic E-state index is -0.703. The van der Waals surface area contributed by atoms with E-state index in [-0.39, 0.29) is 6.03 Å². The van der Waals surface area contributed by atoms with Crippen LogP contribution in [0, 0.1) is 11.6 Å². The molecule has 0 radical (unpaired) electrons. The van der Waals surface area contributed by atoms with E-state index < -0.39 is 17.7 Å². The van der Waals surface area contributed by atoms with Crippen LogP contribution in [0.3, 0.4) is 0 Å². The molecular formula is C29H25F2N3O3S. The summed E-state index contributed by atoms with van der Waals surface area (Å²) in [6.45, 7) is 1.24. The van der Waals surface area contributed by atoms with Gasteiger partial charge in [0.2, 0.25) is 0 Å². The van der Waals surface area contributed by atoms with Gasteiger partial charge in [-0.3, -0.25) is 0 Å². The van der Waals surface area contributed by atoms with Crippen LogP contribution in [0.15, 0.2) is 54.7 Å². The van der Waals surface area contributed by atoms with Crippen LogP contribution in [0.1, 0.15) is 46.1 Å². The Kier molecular flexibility index (Phi) is 5.61. The van der Waals surface area contributed by atoms with E-state index in [0.717, 1.165) is 48.0 Å². The predicted molar refractivity (Wildman–Crippen MR) is 140 cm³/mol. The van der Waals surface area contributed by atoms with Crippen molar-refractivity contribution in [2.45, 2.75) is 38.3 Å². The van der Waals surface area contributed by atoms with Crippen molar-refractivity contribution in [2.75, 3.05) is 18.5 Å². The van der Waals surface area contributed by atoms with Gasteiger partial charge in [0.1, 0.15) is 35.9 Å². The number of anilines is 1. The van der Waals surface area contributed by atoms with Crippen LogP contribution >= 0.6 is 11.3 Å². The number of urea groups is 1. The monoisotopic (exact) mass is 533 g/mol. The van der Waals surface area contributed by atoms with Crippen LogP contribution < -0.4 is 14.8 Å². The molecule has 1 N–H and O–H groups in total. The van der Waals surface area contributed by atoms with Gasteiger partial charge in [0.15, 0.2) is 11.5 Å². The third kappa shape index (κ3) is 3.93. The summed E-state index contributed by atoms with van der Waals surface area (Å²) in [5.74, 6) is -0.162. The molecule has 1 aliphatic carbocycles. The Labute approximate surface area is 222 Å². The minimum absolute atomic E-state index is 0.321. The normalized spacial score (nSPS) is 17.7. The lowest BCUT2D eigenvalue weighted by atomic mass is 9.95. The SMILES string of the molecule is O=C(Nc1ccc2c(c1)OCCO2)N1Cc2c(sc3c2CCCC3)-n2cccc2C1c1cc(F)cc(F)c1. The molecule has 7 rings (SSSR count). The summed E-state index contributed by atoms with van der Waals surface area (Å²) in [5, 5.41) is 4.08. The number of carbonyl (C=O) groups excluding carboxylic acids is 1. The Morgan fingerprint density at radius 3 is 2.58 bits per heavy atom. The van der Waals surface area contributed by atoms with E-state index in [0.29, 0.717) is 42.5 Å². The van der Waals surface area contributed by atoms with Crippen LogP contribution in [-0.2, 0) is 19.4 Å². The first kappa shape index (κ1) is 23.3. The van der Waals surface area contributed by atoms with Crippen molar-refractivity contribution in [2.24, 2.45) is 0 Å². The number of rotatable bonds is 2. The topological polar surface area (TPSA) is 55.7 Å². The lowest BCUT2D eigenvalue weighted by Gasteiger charge is -2.31. The average molecular weight is 534 g/mol. The fraction of sp³-hybridized carbons (Fsp3) is 0.276. The van der Waals surface area contributed by atoms with E-state index in [1.165, 1.54) is 22.6 Å². The molecule has 2 aliphatic heterocycles. The summed E-state index contributed by atoms with van der Waals surface area (Å²) in [7, 11) is 0. The third-order valence-electron chi connectivity index (χ3n) is 7.43. The van der Waals surface area contributed by atoms with Gasteiger partial charge in [0, 0.05) is 34.5 Å². The molecule has 0 bridgehead atoms. The number of aromatic nitrogens is 1. The summed E-state index contributed by atoms with van der Waals surface area (Å²) in [5.41, 5.74) is 4.13. The van der Waals surface area contributed by atoms with Crippen molar-refractivity contribution in [3.63, 3.8) is 0 Å². The number of thiophene rings is 1. The van der Waals surface area contributed by atoms with Crippen molar-refractivity contribution in [1.82, 2.24) is 9.47 Å². The lowest BCUT2D eigenvalue weighted by molar-refractivity contribution is 0.171. The first-order valence-corrected chi connectivity index (χ1v) is 13.6. The Morgan fingerprint density at radius 1 is 0.947 bits per heavy atom. The van der Waals surface area contributed by atoms with Crippen molar-refractivity contribution < 1.29 is 23.0 Å². The molecule has 1 atom stereocenters. The minimum Gasteiger partial charge on any atom is -0.486 e. The molecule has 6 nitrogen and oxygen atoms in total. The fourth-order valence-corrected chi connectivity index (χ4v) is 7.19. The summed E-state index contributed by atoms with van der Waals surface area (Å²) >= 11 is 1.76. The maximum Gasteiger partial charge on any atom is 0.322 e. The van der Waals surface area contributed by atoms with Gasteiger partial charge in [-0.1, -0.05) is 0 Å². The number of nitrogens with one attached hydrogen (secondary N) is 1. The average Bonchev–Trinajstić information content (AvgIpc) is 3.50. The van der Waals surface area contributed by atoms with E-state index in [1.54, 1.807) is 34.4 Å². The molecular weight excluding hydrogens is 508 g/mol. The molecule has 38 heavy (non-hydrogen) atoms. The second-order valence-corrected chi connectivity index (χ2v) is 10.9. The van der Waals surface area contributed by atoms with Crippen LogP contribution in [0.4, 0.5) is 19.3 Å². The van der Waals surface area contributed by atoms with Gasteiger partial charge in [-0.25, -0.2) is 13.6 Å². The predicted octanol–water partition coefficient (Wildman–Crippen LogP) is 6.60. The van der Waals surface area contributed by atoms with Crippen molar-refractivity contribution >= 4 is 23.1 Å². The molecule has 3 aliphatic rings. The molecule has 0 spiro atoms.